The van der Waals surface area contributed by atoms with Crippen LogP contribution in [0.3, 0.4) is 0 Å². The fourth-order valence-corrected chi connectivity index (χ4v) is 11.8. The Labute approximate surface area is 99.8 Å². The molecule has 0 N–H and O–H groups in total. The molecule has 0 heterocycles. The molecule has 0 aliphatic rings. The van der Waals surface area contributed by atoms with Gasteiger partial charge in [-0.2, -0.15) is 0 Å². The van der Waals surface area contributed by atoms with Crippen LogP contribution in [0.2, 0.25) is 32.7 Å². The molecule has 0 saturated carbocycles. The van der Waals surface area contributed by atoms with Crippen molar-refractivity contribution in [1.29, 1.82) is 0 Å². The summed E-state index contributed by atoms with van der Waals surface area (Å²) in [5.41, 5.74) is 1.98. The molecule has 0 amide bonds. The van der Waals surface area contributed by atoms with E-state index in [1.54, 1.807) is 0 Å². The van der Waals surface area contributed by atoms with Gasteiger partial charge in [-0.05, 0) is 26.3 Å². The van der Waals surface area contributed by atoms with Gasteiger partial charge in [0, 0.05) is 0 Å². The Morgan fingerprint density at radius 3 is 1.80 bits per heavy atom. The third kappa shape index (κ3) is 3.75. The first-order valence-corrected chi connectivity index (χ1v) is 12.6. The molecule has 0 fully saturated rings. The number of hydrogen-bond acceptors (Lipinski definition) is 2. The molecule has 0 aromatic rings. The molecule has 0 rings (SSSR count). The predicted molar refractivity (Wildman–Crippen MR) is 76.6 cm³/mol. The summed E-state index contributed by atoms with van der Waals surface area (Å²) in [6.07, 6.45) is 1.98. The van der Waals surface area contributed by atoms with Crippen LogP contribution in [0.5, 0.6) is 0 Å². The van der Waals surface area contributed by atoms with Crippen molar-refractivity contribution < 1.29 is 0 Å². The lowest BCUT2D eigenvalue weighted by atomic mass is 11.1. The molecule has 86 valence electrons. The molecule has 0 bridgehead atoms. The summed E-state index contributed by atoms with van der Waals surface area (Å²) in [7, 11) is 0.148. The Balaban J connectivity index is 4.91. The van der Waals surface area contributed by atoms with Crippen LogP contribution in [-0.2, 0) is 0 Å². The van der Waals surface area contributed by atoms with Gasteiger partial charge < -0.3 is 8.46 Å². The van der Waals surface area contributed by atoms with E-state index in [-0.39, 0.29) is 0 Å². The van der Waals surface area contributed by atoms with Crippen molar-refractivity contribution >= 4 is 26.3 Å². The van der Waals surface area contributed by atoms with Crippen molar-refractivity contribution in [3.63, 3.8) is 0 Å². The summed E-state index contributed by atoms with van der Waals surface area (Å²) in [4.78, 5) is 0. The number of rotatable bonds is 6. The minimum Gasteiger partial charge on any atom is -0.417 e. The van der Waals surface area contributed by atoms with E-state index in [4.69, 9.17) is 0 Å². The molecular formula is C10H24N2Si3. The zero-order valence-electron chi connectivity index (χ0n) is 11.0. The highest BCUT2D eigenvalue weighted by Crippen LogP contribution is 2.20. The molecule has 15 heavy (non-hydrogen) atoms. The zero-order chi connectivity index (χ0) is 12.3. The molecule has 0 unspecified atom stereocenters. The molecule has 0 aliphatic carbocycles. The molecule has 0 aliphatic heterocycles. The van der Waals surface area contributed by atoms with Crippen LogP contribution in [0.15, 0.2) is 25.1 Å². The van der Waals surface area contributed by atoms with E-state index in [1.165, 1.54) is 0 Å². The Morgan fingerprint density at radius 2 is 1.53 bits per heavy atom. The van der Waals surface area contributed by atoms with Crippen LogP contribution < -0.4 is 0 Å². The maximum Gasteiger partial charge on any atom is 0.213 e. The van der Waals surface area contributed by atoms with Gasteiger partial charge in [-0.25, -0.2) is 0 Å². The number of nitrogens with zero attached hydrogens (tertiary/aromatic N) is 2. The van der Waals surface area contributed by atoms with Gasteiger partial charge in [0.25, 0.3) is 0 Å². The van der Waals surface area contributed by atoms with Crippen molar-refractivity contribution in [3.8, 4) is 0 Å². The van der Waals surface area contributed by atoms with E-state index < -0.39 is 16.6 Å². The van der Waals surface area contributed by atoms with Crippen molar-refractivity contribution in [2.75, 3.05) is 7.05 Å². The Bertz CT molecular complexity index is 233. The van der Waals surface area contributed by atoms with Gasteiger partial charge in [0.1, 0.15) is 8.24 Å². The highest BCUT2D eigenvalue weighted by molar-refractivity contribution is 6.91. The van der Waals surface area contributed by atoms with Crippen molar-refractivity contribution in [1.82, 2.24) is 8.46 Å². The molecule has 5 heteroatoms. The second-order valence-electron chi connectivity index (χ2n) is 5.11. The SMILES string of the molecule is C=C[Si]N(C=C)[Si](C)(C)N(C)[Si](C)(C)C. The van der Waals surface area contributed by atoms with Crippen LogP contribution in [-0.4, -0.2) is 41.8 Å². The fraction of sp³-hybridized carbons (Fsp3) is 0.600. The van der Waals surface area contributed by atoms with E-state index in [2.05, 4.69) is 61.4 Å². The van der Waals surface area contributed by atoms with Gasteiger partial charge in [-0.15, -0.1) is 6.58 Å². The summed E-state index contributed by atoms with van der Waals surface area (Å²) < 4.78 is 5.01. The molecule has 2 radical (unpaired) electrons. The van der Waals surface area contributed by atoms with Crippen LogP contribution in [0, 0.1) is 0 Å². The highest BCUT2D eigenvalue weighted by Gasteiger charge is 2.38. The number of hydrogen-bond donors (Lipinski definition) is 0. The smallest absolute Gasteiger partial charge is 0.213 e. The zero-order valence-corrected chi connectivity index (χ0v) is 14.0. The van der Waals surface area contributed by atoms with Gasteiger partial charge in [0.05, 0.1) is 0 Å². The lowest BCUT2D eigenvalue weighted by Gasteiger charge is -2.47. The predicted octanol–water partition coefficient (Wildman–Crippen LogP) is 2.66. The van der Waals surface area contributed by atoms with Crippen molar-refractivity contribution in [3.05, 3.63) is 25.1 Å². The van der Waals surface area contributed by atoms with Gasteiger partial charge in [0.15, 0.2) is 0 Å². The summed E-state index contributed by atoms with van der Waals surface area (Å²) in [5.74, 6) is 0. The van der Waals surface area contributed by atoms with Gasteiger partial charge >= 0.3 is 0 Å². The van der Waals surface area contributed by atoms with Crippen molar-refractivity contribution in [2.24, 2.45) is 0 Å². The Hall–Kier alpha value is -0.109. The summed E-state index contributed by atoms with van der Waals surface area (Å²) in [6, 6.07) is 0. The summed E-state index contributed by atoms with van der Waals surface area (Å²) in [5, 5.41) is 0. The first-order chi connectivity index (χ1) is 6.67. The van der Waals surface area contributed by atoms with E-state index in [9.17, 15) is 0 Å². The first-order valence-electron chi connectivity index (χ1n) is 5.21. The van der Waals surface area contributed by atoms with E-state index in [0.29, 0.717) is 9.68 Å². The molecule has 0 spiro atoms. The molecule has 0 aromatic heterocycles. The largest absolute Gasteiger partial charge is 0.417 e. The maximum atomic E-state index is 3.92. The third-order valence-corrected chi connectivity index (χ3v) is 14.2. The minimum absolute atomic E-state index is 0.651. The van der Waals surface area contributed by atoms with Gasteiger partial charge in [-0.1, -0.05) is 31.9 Å². The lowest BCUT2D eigenvalue weighted by Crippen LogP contribution is -2.66. The first kappa shape index (κ1) is 14.9. The third-order valence-electron chi connectivity index (χ3n) is 2.83. The quantitative estimate of drug-likeness (QED) is 0.674. The average Bonchev–Trinajstić information content (AvgIpc) is 2.11. The highest BCUT2D eigenvalue weighted by atomic mass is 28.4. The summed E-state index contributed by atoms with van der Waals surface area (Å²) in [6.45, 7) is 19.7. The Kier molecular flexibility index (Phi) is 5.25. The normalized spacial score (nSPS) is 12.7. The van der Waals surface area contributed by atoms with E-state index in [1.807, 2.05) is 11.9 Å². The molecule has 0 atom stereocenters. The van der Waals surface area contributed by atoms with Gasteiger partial charge in [0.2, 0.25) is 18.1 Å². The monoisotopic (exact) mass is 256 g/mol. The topological polar surface area (TPSA) is 6.48 Å². The van der Waals surface area contributed by atoms with Crippen molar-refractivity contribution in [2.45, 2.75) is 32.7 Å². The van der Waals surface area contributed by atoms with Crippen LogP contribution in [0.25, 0.3) is 0 Å². The van der Waals surface area contributed by atoms with E-state index >= 15 is 0 Å². The lowest BCUT2D eigenvalue weighted by molar-refractivity contribution is 0.667. The van der Waals surface area contributed by atoms with E-state index in [0.717, 1.165) is 0 Å². The van der Waals surface area contributed by atoms with Crippen LogP contribution in [0.4, 0.5) is 0 Å². The second kappa shape index (κ2) is 5.29. The fourth-order valence-electron chi connectivity index (χ4n) is 1.51. The summed E-state index contributed by atoms with van der Waals surface area (Å²) >= 11 is 0. The van der Waals surface area contributed by atoms with Crippen LogP contribution >= 0.6 is 0 Å². The van der Waals surface area contributed by atoms with Crippen LogP contribution in [0.1, 0.15) is 0 Å². The molecule has 2 nitrogen and oxygen atoms in total. The second-order valence-corrected chi connectivity index (χ2v) is 16.3. The average molecular weight is 257 g/mol. The molecular weight excluding hydrogens is 232 g/mol. The standard InChI is InChI=1S/C10H24N2Si3/c1-9-12(13-10-2)15(7,8)11(3)14(4,5)6/h9-10H,1-2H2,3-8H3. The Morgan fingerprint density at radius 1 is 1.07 bits per heavy atom. The minimum atomic E-state index is -1.54. The maximum absolute atomic E-state index is 3.92. The molecule has 0 aromatic carbocycles. The molecule has 0 saturated heterocycles. The van der Waals surface area contributed by atoms with Gasteiger partial charge in [-0.3, -0.25) is 0 Å².